The van der Waals surface area contributed by atoms with Crippen LogP contribution in [0.4, 0.5) is 20.4 Å². The summed E-state index contributed by atoms with van der Waals surface area (Å²) in [5.74, 6) is -1.30. The number of anilines is 2. The van der Waals surface area contributed by atoms with E-state index in [1.54, 1.807) is 0 Å². The van der Waals surface area contributed by atoms with Crippen LogP contribution in [0.15, 0.2) is 6.07 Å². The Morgan fingerprint density at radius 1 is 1.38 bits per heavy atom. The number of halogens is 2. The van der Waals surface area contributed by atoms with Gasteiger partial charge in [-0.3, -0.25) is 0 Å². The van der Waals surface area contributed by atoms with Crippen LogP contribution in [0, 0.1) is 11.6 Å². The summed E-state index contributed by atoms with van der Waals surface area (Å²) in [6, 6.07) is 0.855. The third kappa shape index (κ3) is 2.21. The highest BCUT2D eigenvalue weighted by molar-refractivity contribution is 5.47. The maximum atomic E-state index is 13.4. The fourth-order valence-electron chi connectivity index (χ4n) is 1.58. The van der Waals surface area contributed by atoms with Crippen LogP contribution in [0.5, 0.6) is 0 Å². The van der Waals surface area contributed by atoms with Gasteiger partial charge in [0.25, 0.3) is 0 Å². The van der Waals surface area contributed by atoms with Crippen molar-refractivity contribution in [1.29, 1.82) is 0 Å². The van der Waals surface area contributed by atoms with Gasteiger partial charge in [0.2, 0.25) is 0 Å². The van der Waals surface area contributed by atoms with E-state index in [-0.39, 0.29) is 17.7 Å². The predicted octanol–water partition coefficient (Wildman–Crippen LogP) is 1.60. The number of rotatable bonds is 3. The highest BCUT2D eigenvalue weighted by Crippen LogP contribution is 2.20. The Labute approximate surface area is 92.0 Å². The van der Waals surface area contributed by atoms with Gasteiger partial charge in [0.05, 0.1) is 12.6 Å². The molecule has 1 aromatic rings. The predicted molar refractivity (Wildman–Crippen MR) is 56.5 cm³/mol. The van der Waals surface area contributed by atoms with E-state index in [9.17, 15) is 8.78 Å². The average Bonchev–Trinajstić information content (AvgIpc) is 2.75. The number of pyridine rings is 1. The molecule has 0 amide bonds. The molecule has 4 nitrogen and oxygen atoms in total. The third-order valence-electron chi connectivity index (χ3n) is 2.44. The van der Waals surface area contributed by atoms with Crippen molar-refractivity contribution < 1.29 is 13.5 Å². The van der Waals surface area contributed by atoms with Crippen molar-refractivity contribution in [3.05, 3.63) is 17.7 Å². The van der Waals surface area contributed by atoms with Gasteiger partial charge in [-0.25, -0.2) is 13.8 Å². The van der Waals surface area contributed by atoms with Gasteiger partial charge in [-0.05, 0) is 6.42 Å². The molecule has 0 aromatic carbocycles. The molecule has 1 fully saturated rings. The third-order valence-corrected chi connectivity index (χ3v) is 2.44. The van der Waals surface area contributed by atoms with Crippen LogP contribution in [0.3, 0.4) is 0 Å². The molecule has 2 rings (SSSR count). The number of ether oxygens (including phenoxy) is 1. The Balaban J connectivity index is 2.18. The molecule has 6 heteroatoms. The quantitative estimate of drug-likeness (QED) is 0.826. The first-order valence-electron chi connectivity index (χ1n) is 5.09. The van der Waals surface area contributed by atoms with Gasteiger partial charge in [0.1, 0.15) is 0 Å². The van der Waals surface area contributed by atoms with Crippen LogP contribution in [0.25, 0.3) is 0 Å². The van der Waals surface area contributed by atoms with E-state index in [1.165, 1.54) is 7.05 Å². The Hall–Kier alpha value is -1.43. The second-order valence-corrected chi connectivity index (χ2v) is 3.60. The van der Waals surface area contributed by atoms with E-state index in [1.807, 2.05) is 0 Å². The number of hydrogen-bond donors (Lipinski definition) is 2. The summed E-state index contributed by atoms with van der Waals surface area (Å²) in [6.45, 7) is 1.17. The average molecular weight is 229 g/mol. The van der Waals surface area contributed by atoms with Gasteiger partial charge in [0.15, 0.2) is 23.3 Å². The lowest BCUT2D eigenvalue weighted by atomic mass is 10.2. The molecule has 2 heterocycles. The van der Waals surface area contributed by atoms with Gasteiger partial charge in [-0.2, -0.15) is 0 Å². The fourth-order valence-corrected chi connectivity index (χ4v) is 1.58. The monoisotopic (exact) mass is 229 g/mol. The summed E-state index contributed by atoms with van der Waals surface area (Å²) in [4.78, 5) is 3.83. The van der Waals surface area contributed by atoms with Gasteiger partial charge >= 0.3 is 0 Å². The molecule has 1 aliphatic rings. The SMILES string of the molecule is CNc1nc(NC2CCOC2)c(F)cc1F. The summed E-state index contributed by atoms with van der Waals surface area (Å²) < 4.78 is 31.7. The lowest BCUT2D eigenvalue weighted by Gasteiger charge is -2.13. The largest absolute Gasteiger partial charge is 0.379 e. The first kappa shape index (κ1) is 11.1. The van der Waals surface area contributed by atoms with Crippen LogP contribution in [-0.4, -0.2) is 31.3 Å². The zero-order valence-electron chi connectivity index (χ0n) is 8.89. The molecule has 1 saturated heterocycles. The van der Waals surface area contributed by atoms with E-state index >= 15 is 0 Å². The molecule has 1 aromatic heterocycles. The van der Waals surface area contributed by atoms with Crippen molar-refractivity contribution in [2.24, 2.45) is 0 Å². The molecule has 88 valence electrons. The zero-order chi connectivity index (χ0) is 11.5. The smallest absolute Gasteiger partial charge is 0.168 e. The van der Waals surface area contributed by atoms with Crippen molar-refractivity contribution in [2.45, 2.75) is 12.5 Å². The molecule has 0 bridgehead atoms. The highest BCUT2D eigenvalue weighted by Gasteiger charge is 2.18. The fraction of sp³-hybridized carbons (Fsp3) is 0.500. The van der Waals surface area contributed by atoms with Crippen molar-refractivity contribution in [1.82, 2.24) is 4.98 Å². The molecule has 2 N–H and O–H groups in total. The molecule has 16 heavy (non-hydrogen) atoms. The second kappa shape index (κ2) is 4.61. The summed E-state index contributed by atoms with van der Waals surface area (Å²) >= 11 is 0. The molecular weight excluding hydrogens is 216 g/mol. The zero-order valence-corrected chi connectivity index (χ0v) is 8.89. The number of nitrogens with one attached hydrogen (secondary N) is 2. The minimum atomic E-state index is -0.701. The molecule has 0 saturated carbocycles. The van der Waals surface area contributed by atoms with Crippen LogP contribution in [0.1, 0.15) is 6.42 Å². The Kier molecular flexibility index (Phi) is 3.19. The lowest BCUT2D eigenvalue weighted by Crippen LogP contribution is -2.21. The van der Waals surface area contributed by atoms with Gasteiger partial charge in [0, 0.05) is 19.7 Å². The Morgan fingerprint density at radius 3 is 2.75 bits per heavy atom. The number of nitrogens with zero attached hydrogens (tertiary/aromatic N) is 1. The molecule has 1 unspecified atom stereocenters. The maximum absolute atomic E-state index is 13.4. The summed E-state index contributed by atoms with van der Waals surface area (Å²) in [5, 5.41) is 5.46. The summed E-state index contributed by atoms with van der Waals surface area (Å²) in [6.07, 6.45) is 0.799. The molecule has 0 aliphatic carbocycles. The minimum Gasteiger partial charge on any atom is -0.379 e. The van der Waals surface area contributed by atoms with Crippen LogP contribution >= 0.6 is 0 Å². The van der Waals surface area contributed by atoms with E-state index < -0.39 is 11.6 Å². The number of aromatic nitrogens is 1. The number of hydrogen-bond acceptors (Lipinski definition) is 4. The summed E-state index contributed by atoms with van der Waals surface area (Å²) in [5.41, 5.74) is 0. The summed E-state index contributed by atoms with van der Waals surface area (Å²) in [7, 11) is 1.53. The molecule has 0 spiro atoms. The van der Waals surface area contributed by atoms with Crippen molar-refractivity contribution >= 4 is 11.6 Å². The maximum Gasteiger partial charge on any atom is 0.168 e. The highest BCUT2D eigenvalue weighted by atomic mass is 19.1. The van der Waals surface area contributed by atoms with Crippen LogP contribution < -0.4 is 10.6 Å². The van der Waals surface area contributed by atoms with E-state index in [2.05, 4.69) is 15.6 Å². The van der Waals surface area contributed by atoms with Crippen LogP contribution in [-0.2, 0) is 4.74 Å². The molecule has 1 aliphatic heterocycles. The van der Waals surface area contributed by atoms with Crippen molar-refractivity contribution in [2.75, 3.05) is 30.9 Å². The lowest BCUT2D eigenvalue weighted by molar-refractivity contribution is 0.195. The van der Waals surface area contributed by atoms with Gasteiger partial charge < -0.3 is 15.4 Å². The van der Waals surface area contributed by atoms with Gasteiger partial charge in [-0.15, -0.1) is 0 Å². The Morgan fingerprint density at radius 2 is 2.12 bits per heavy atom. The van der Waals surface area contributed by atoms with Crippen molar-refractivity contribution in [3.8, 4) is 0 Å². The van der Waals surface area contributed by atoms with Crippen molar-refractivity contribution in [3.63, 3.8) is 0 Å². The normalized spacial score (nSPS) is 19.8. The Bertz CT molecular complexity index is 381. The van der Waals surface area contributed by atoms with Crippen LogP contribution in [0.2, 0.25) is 0 Å². The minimum absolute atomic E-state index is 0.0304. The topological polar surface area (TPSA) is 46.2 Å². The molecule has 0 radical (unpaired) electrons. The standard InChI is InChI=1S/C10H13F2N3O/c1-13-9-7(11)4-8(12)10(15-9)14-6-2-3-16-5-6/h4,6H,2-3,5H2,1H3,(H2,13,14,15). The first-order chi connectivity index (χ1) is 7.70. The first-order valence-corrected chi connectivity index (χ1v) is 5.09. The molecule has 1 atom stereocenters. The van der Waals surface area contributed by atoms with E-state index in [0.29, 0.717) is 13.2 Å². The second-order valence-electron chi connectivity index (χ2n) is 3.60. The molecular formula is C10H13F2N3O. The van der Waals surface area contributed by atoms with Gasteiger partial charge in [-0.1, -0.05) is 0 Å². The van der Waals surface area contributed by atoms with E-state index in [0.717, 1.165) is 12.5 Å². The van der Waals surface area contributed by atoms with E-state index in [4.69, 9.17) is 4.74 Å².